The van der Waals surface area contributed by atoms with Gasteiger partial charge in [0.1, 0.15) is 10.6 Å². The van der Waals surface area contributed by atoms with E-state index in [9.17, 15) is 17.2 Å². The van der Waals surface area contributed by atoms with E-state index >= 15 is 0 Å². The lowest BCUT2D eigenvalue weighted by molar-refractivity contribution is 0.112. The fourth-order valence-electron chi connectivity index (χ4n) is 2.21. The van der Waals surface area contributed by atoms with Crippen LogP contribution in [0.1, 0.15) is 23.5 Å². The molecule has 0 aliphatic heterocycles. The molecule has 0 aromatic heterocycles. The van der Waals surface area contributed by atoms with Gasteiger partial charge in [0.15, 0.2) is 0 Å². The minimum atomic E-state index is -3.92. The molecule has 1 atom stereocenters. The van der Waals surface area contributed by atoms with Crippen molar-refractivity contribution in [3.05, 3.63) is 59.7 Å². The van der Waals surface area contributed by atoms with Crippen molar-refractivity contribution in [3.63, 3.8) is 0 Å². The van der Waals surface area contributed by atoms with Crippen molar-refractivity contribution >= 4 is 10.1 Å². The number of aryl methyl sites for hydroxylation is 1. The molecule has 2 aromatic rings. The lowest BCUT2D eigenvalue weighted by atomic mass is 10.1. The summed E-state index contributed by atoms with van der Waals surface area (Å²) in [7, 11) is -3.92. The Morgan fingerprint density at radius 3 is 2.09 bits per heavy atom. The van der Waals surface area contributed by atoms with Gasteiger partial charge in [0.25, 0.3) is 5.92 Å². The highest BCUT2D eigenvalue weighted by Crippen LogP contribution is 2.55. The van der Waals surface area contributed by atoms with E-state index in [-0.39, 0.29) is 17.1 Å². The number of alkyl halides is 2. The van der Waals surface area contributed by atoms with E-state index in [1.165, 1.54) is 36.4 Å². The van der Waals surface area contributed by atoms with Gasteiger partial charge in [0.05, 0.1) is 5.92 Å². The molecule has 0 heterocycles. The Morgan fingerprint density at radius 2 is 1.59 bits per heavy atom. The molecule has 0 bridgehead atoms. The molecule has 3 rings (SSSR count). The first kappa shape index (κ1) is 15.0. The van der Waals surface area contributed by atoms with Crippen molar-refractivity contribution in [2.45, 2.75) is 30.1 Å². The highest BCUT2D eigenvalue weighted by Gasteiger charge is 2.57. The summed E-state index contributed by atoms with van der Waals surface area (Å²) >= 11 is 0. The number of halogens is 2. The van der Waals surface area contributed by atoms with Crippen LogP contribution in [0.15, 0.2) is 53.4 Å². The van der Waals surface area contributed by atoms with E-state index in [4.69, 9.17) is 4.18 Å². The van der Waals surface area contributed by atoms with Gasteiger partial charge in [-0.15, -0.1) is 0 Å². The molecule has 6 heteroatoms. The second-order valence-corrected chi connectivity index (χ2v) is 6.98. The van der Waals surface area contributed by atoms with Crippen molar-refractivity contribution in [2.75, 3.05) is 0 Å². The molecule has 0 saturated heterocycles. The SMILES string of the molecule is Cc1ccc(S(=O)(=O)Oc2ccc(C3CC3(F)F)cc2)cc1. The Balaban J connectivity index is 1.76. The first-order valence-electron chi connectivity index (χ1n) is 6.77. The predicted molar refractivity (Wildman–Crippen MR) is 77.7 cm³/mol. The van der Waals surface area contributed by atoms with Crippen LogP contribution in [0.25, 0.3) is 0 Å². The van der Waals surface area contributed by atoms with Crippen LogP contribution in [0.5, 0.6) is 5.75 Å². The summed E-state index contributed by atoms with van der Waals surface area (Å²) in [5.74, 6) is -3.31. The van der Waals surface area contributed by atoms with Gasteiger partial charge in [0, 0.05) is 6.42 Å². The maximum absolute atomic E-state index is 13.0. The van der Waals surface area contributed by atoms with E-state index in [1.807, 2.05) is 6.92 Å². The molecule has 0 radical (unpaired) electrons. The largest absolute Gasteiger partial charge is 0.379 e. The summed E-state index contributed by atoms with van der Waals surface area (Å²) in [5.41, 5.74) is 1.43. The number of hydrogen-bond acceptors (Lipinski definition) is 3. The van der Waals surface area contributed by atoms with Gasteiger partial charge in [0.2, 0.25) is 0 Å². The fourth-order valence-corrected chi connectivity index (χ4v) is 3.14. The minimum Gasteiger partial charge on any atom is -0.379 e. The minimum absolute atomic E-state index is 0.0518. The summed E-state index contributed by atoms with van der Waals surface area (Å²) in [4.78, 5) is 0.0518. The molecule has 1 saturated carbocycles. The molecule has 1 unspecified atom stereocenters. The number of benzene rings is 2. The Labute approximate surface area is 127 Å². The Morgan fingerprint density at radius 1 is 1.05 bits per heavy atom. The lowest BCUT2D eigenvalue weighted by Gasteiger charge is -2.08. The van der Waals surface area contributed by atoms with E-state index in [0.717, 1.165) is 5.56 Å². The van der Waals surface area contributed by atoms with Crippen LogP contribution < -0.4 is 4.18 Å². The molecule has 1 aliphatic rings. The monoisotopic (exact) mass is 324 g/mol. The Hall–Kier alpha value is -1.95. The molecular weight excluding hydrogens is 310 g/mol. The van der Waals surface area contributed by atoms with E-state index in [1.54, 1.807) is 12.1 Å². The van der Waals surface area contributed by atoms with E-state index in [2.05, 4.69) is 0 Å². The smallest absolute Gasteiger partial charge is 0.339 e. The molecular formula is C16H14F2O3S. The zero-order valence-electron chi connectivity index (χ0n) is 11.8. The maximum Gasteiger partial charge on any atom is 0.339 e. The summed E-state index contributed by atoms with van der Waals surface area (Å²) in [6, 6.07) is 12.0. The highest BCUT2D eigenvalue weighted by molar-refractivity contribution is 7.87. The maximum atomic E-state index is 13.0. The third-order valence-electron chi connectivity index (χ3n) is 3.62. The van der Waals surface area contributed by atoms with Crippen molar-refractivity contribution in [1.29, 1.82) is 0 Å². The normalized spacial score (nSPS) is 19.7. The van der Waals surface area contributed by atoms with Gasteiger partial charge in [-0.05, 0) is 36.8 Å². The zero-order valence-corrected chi connectivity index (χ0v) is 12.6. The average Bonchev–Trinajstić information content (AvgIpc) is 3.08. The van der Waals surface area contributed by atoms with Crippen LogP contribution in [-0.2, 0) is 10.1 Å². The van der Waals surface area contributed by atoms with Crippen molar-refractivity contribution < 1.29 is 21.4 Å². The highest BCUT2D eigenvalue weighted by atomic mass is 32.2. The van der Waals surface area contributed by atoms with Crippen molar-refractivity contribution in [3.8, 4) is 5.75 Å². The molecule has 0 N–H and O–H groups in total. The molecule has 1 fully saturated rings. The van der Waals surface area contributed by atoms with E-state index < -0.39 is 22.0 Å². The van der Waals surface area contributed by atoms with Crippen LogP contribution in [0, 0.1) is 6.92 Å². The second kappa shape index (κ2) is 5.05. The molecule has 116 valence electrons. The van der Waals surface area contributed by atoms with Gasteiger partial charge in [-0.25, -0.2) is 8.78 Å². The summed E-state index contributed by atoms with van der Waals surface area (Å²) < 4.78 is 55.2. The van der Waals surface area contributed by atoms with E-state index in [0.29, 0.717) is 5.56 Å². The first-order chi connectivity index (χ1) is 10.3. The average molecular weight is 324 g/mol. The van der Waals surface area contributed by atoms with Gasteiger partial charge in [-0.3, -0.25) is 0 Å². The van der Waals surface area contributed by atoms with Crippen LogP contribution in [0.3, 0.4) is 0 Å². The van der Waals surface area contributed by atoms with Gasteiger partial charge >= 0.3 is 10.1 Å². The van der Waals surface area contributed by atoms with Gasteiger partial charge in [-0.2, -0.15) is 8.42 Å². The molecule has 22 heavy (non-hydrogen) atoms. The van der Waals surface area contributed by atoms with Crippen molar-refractivity contribution in [1.82, 2.24) is 0 Å². The molecule has 0 spiro atoms. The van der Waals surface area contributed by atoms with Crippen LogP contribution in [0.4, 0.5) is 8.78 Å². The second-order valence-electron chi connectivity index (χ2n) is 5.44. The quantitative estimate of drug-likeness (QED) is 0.802. The third-order valence-corrected chi connectivity index (χ3v) is 4.89. The van der Waals surface area contributed by atoms with Gasteiger partial charge in [-0.1, -0.05) is 29.8 Å². The fraction of sp³-hybridized carbons (Fsp3) is 0.250. The molecule has 1 aliphatic carbocycles. The molecule has 3 nitrogen and oxygen atoms in total. The van der Waals surface area contributed by atoms with Crippen LogP contribution in [-0.4, -0.2) is 14.3 Å². The first-order valence-corrected chi connectivity index (χ1v) is 8.18. The number of rotatable bonds is 4. The van der Waals surface area contributed by atoms with Crippen LogP contribution >= 0.6 is 0 Å². The predicted octanol–water partition coefficient (Wildman–Crippen LogP) is 3.89. The molecule has 0 amide bonds. The molecule has 2 aromatic carbocycles. The van der Waals surface area contributed by atoms with Gasteiger partial charge < -0.3 is 4.18 Å². The lowest BCUT2D eigenvalue weighted by Crippen LogP contribution is -2.09. The standard InChI is InChI=1S/C16H14F2O3S/c1-11-2-8-14(9-3-11)22(19,20)21-13-6-4-12(5-7-13)15-10-16(15,17)18/h2-9,15H,10H2,1H3. The number of hydrogen-bond donors (Lipinski definition) is 0. The van der Waals surface area contributed by atoms with Crippen LogP contribution in [0.2, 0.25) is 0 Å². The third kappa shape index (κ3) is 2.97. The van der Waals surface area contributed by atoms with Crippen molar-refractivity contribution in [2.24, 2.45) is 0 Å². The summed E-state index contributed by atoms with van der Waals surface area (Å²) in [6.07, 6.45) is -0.158. The Kier molecular flexibility index (Phi) is 3.44. The summed E-state index contributed by atoms with van der Waals surface area (Å²) in [6.45, 7) is 1.85. The zero-order chi connectivity index (χ0) is 16.0. The Bertz CT molecular complexity index is 781. The topological polar surface area (TPSA) is 43.4 Å². The summed E-state index contributed by atoms with van der Waals surface area (Å²) in [5, 5.41) is 0.